The highest BCUT2D eigenvalue weighted by Crippen LogP contribution is 2.45. The molecule has 8 aromatic carbocycles. The standard InChI is InChI=1S/C48H29NO2S/c1-4-17-41-36(10-1)37-15-7-16-40(48(37)51-41)49(32-26-22-30(23-27-32)34-13-8-19-43-46(34)38-11-2-5-18-42(38)50-43)33-28-24-31(25-29-33)35-14-9-21-45-47(35)39-12-3-6-20-44(39)52-45/h1-29H. The molecule has 0 spiro atoms. The molecule has 3 nitrogen and oxygen atoms in total. The Kier molecular flexibility index (Phi) is 6.42. The molecule has 0 atom stereocenters. The van der Waals surface area contributed by atoms with Crippen molar-refractivity contribution in [3.63, 3.8) is 0 Å². The molecule has 11 aromatic rings. The van der Waals surface area contributed by atoms with Crippen LogP contribution in [-0.4, -0.2) is 0 Å². The maximum Gasteiger partial charge on any atom is 0.159 e. The van der Waals surface area contributed by atoms with Crippen molar-refractivity contribution in [1.29, 1.82) is 0 Å². The van der Waals surface area contributed by atoms with E-state index in [1.165, 1.54) is 31.3 Å². The summed E-state index contributed by atoms with van der Waals surface area (Å²) in [7, 11) is 0. The molecule has 4 heteroatoms. The van der Waals surface area contributed by atoms with Crippen LogP contribution in [0.15, 0.2) is 185 Å². The van der Waals surface area contributed by atoms with Crippen LogP contribution in [0, 0.1) is 0 Å². The smallest absolute Gasteiger partial charge is 0.159 e. The molecule has 0 N–H and O–H groups in total. The van der Waals surface area contributed by atoms with Crippen molar-refractivity contribution in [2.45, 2.75) is 0 Å². The zero-order valence-corrected chi connectivity index (χ0v) is 28.7. The van der Waals surface area contributed by atoms with Crippen molar-refractivity contribution in [2.24, 2.45) is 0 Å². The molecule has 0 aliphatic heterocycles. The van der Waals surface area contributed by atoms with Gasteiger partial charge in [-0.25, -0.2) is 0 Å². The fraction of sp³-hybridized carbons (Fsp3) is 0. The normalized spacial score (nSPS) is 11.8. The molecule has 0 saturated carbocycles. The Hall–Kier alpha value is -6.62. The molecule has 0 aliphatic carbocycles. The molecule has 0 bridgehead atoms. The summed E-state index contributed by atoms with van der Waals surface area (Å²) in [6.07, 6.45) is 0. The third kappa shape index (κ3) is 4.45. The van der Waals surface area contributed by atoms with Crippen molar-refractivity contribution in [3.8, 4) is 22.3 Å². The van der Waals surface area contributed by atoms with Gasteiger partial charge in [0.05, 0.1) is 5.69 Å². The second kappa shape index (κ2) is 11.5. The molecule has 0 amide bonds. The quantitative estimate of drug-likeness (QED) is 0.181. The minimum Gasteiger partial charge on any atom is -0.456 e. The molecule has 3 heterocycles. The summed E-state index contributed by atoms with van der Waals surface area (Å²) < 4.78 is 15.4. The van der Waals surface area contributed by atoms with Crippen LogP contribution in [0.4, 0.5) is 17.1 Å². The zero-order valence-electron chi connectivity index (χ0n) is 27.9. The Morgan fingerprint density at radius 1 is 0.365 bits per heavy atom. The Balaban J connectivity index is 1.07. The highest BCUT2D eigenvalue weighted by Gasteiger charge is 2.20. The lowest BCUT2D eigenvalue weighted by atomic mass is 9.98. The predicted octanol–water partition coefficient (Wildman–Crippen LogP) is 14.7. The van der Waals surface area contributed by atoms with E-state index in [1.807, 2.05) is 41.7 Å². The van der Waals surface area contributed by atoms with Crippen molar-refractivity contribution >= 4 is 92.4 Å². The summed E-state index contributed by atoms with van der Waals surface area (Å²) in [5.41, 5.74) is 11.3. The van der Waals surface area contributed by atoms with Gasteiger partial charge in [0.2, 0.25) is 0 Å². The molecule has 244 valence electrons. The summed E-state index contributed by atoms with van der Waals surface area (Å²) in [6, 6.07) is 62.5. The number of benzene rings is 8. The van der Waals surface area contributed by atoms with E-state index in [1.54, 1.807) is 0 Å². The van der Waals surface area contributed by atoms with E-state index in [9.17, 15) is 0 Å². The minimum atomic E-state index is 0.862. The molecule has 0 fully saturated rings. The van der Waals surface area contributed by atoms with Crippen molar-refractivity contribution < 1.29 is 8.83 Å². The molecule has 0 unspecified atom stereocenters. The van der Waals surface area contributed by atoms with Gasteiger partial charge in [-0.3, -0.25) is 0 Å². The number of rotatable bonds is 5. The number of thiophene rings is 1. The Labute approximate surface area is 303 Å². The van der Waals surface area contributed by atoms with Gasteiger partial charge in [-0.05, 0) is 82.9 Å². The largest absolute Gasteiger partial charge is 0.456 e. The van der Waals surface area contributed by atoms with Gasteiger partial charge < -0.3 is 13.7 Å². The first-order valence-electron chi connectivity index (χ1n) is 17.5. The van der Waals surface area contributed by atoms with Crippen LogP contribution in [0.3, 0.4) is 0 Å². The molecule has 0 radical (unpaired) electrons. The van der Waals surface area contributed by atoms with Crippen LogP contribution in [0.1, 0.15) is 0 Å². The lowest BCUT2D eigenvalue weighted by Gasteiger charge is -2.26. The average molecular weight is 684 g/mol. The second-order valence-electron chi connectivity index (χ2n) is 13.2. The Bertz CT molecular complexity index is 2970. The van der Waals surface area contributed by atoms with Crippen molar-refractivity contribution in [1.82, 2.24) is 0 Å². The number of anilines is 3. The van der Waals surface area contributed by atoms with Crippen LogP contribution in [0.5, 0.6) is 0 Å². The number of hydrogen-bond donors (Lipinski definition) is 0. The summed E-state index contributed by atoms with van der Waals surface area (Å²) >= 11 is 1.85. The number of fused-ring (bicyclic) bond motifs is 9. The summed E-state index contributed by atoms with van der Waals surface area (Å²) in [6.45, 7) is 0. The monoisotopic (exact) mass is 683 g/mol. The van der Waals surface area contributed by atoms with Gasteiger partial charge in [0, 0.05) is 53.1 Å². The molecule has 0 aliphatic rings. The van der Waals surface area contributed by atoms with Gasteiger partial charge in [0.1, 0.15) is 16.7 Å². The van der Waals surface area contributed by atoms with Gasteiger partial charge in [-0.2, -0.15) is 0 Å². The third-order valence-electron chi connectivity index (χ3n) is 10.3. The summed E-state index contributed by atoms with van der Waals surface area (Å²) in [5.74, 6) is 0. The van der Waals surface area contributed by atoms with E-state index < -0.39 is 0 Å². The minimum absolute atomic E-state index is 0.862. The number of nitrogens with zero attached hydrogens (tertiary/aromatic N) is 1. The van der Waals surface area contributed by atoms with Crippen LogP contribution in [0.25, 0.3) is 86.3 Å². The topological polar surface area (TPSA) is 29.5 Å². The number of para-hydroxylation sites is 3. The molecule has 0 saturated heterocycles. The number of hydrogen-bond acceptors (Lipinski definition) is 4. The first-order valence-corrected chi connectivity index (χ1v) is 18.3. The van der Waals surface area contributed by atoms with Crippen LogP contribution >= 0.6 is 11.3 Å². The predicted molar refractivity (Wildman–Crippen MR) is 219 cm³/mol. The lowest BCUT2D eigenvalue weighted by Crippen LogP contribution is -2.10. The average Bonchev–Trinajstić information content (AvgIpc) is 3.90. The second-order valence-corrected chi connectivity index (χ2v) is 14.3. The van der Waals surface area contributed by atoms with Crippen molar-refractivity contribution in [3.05, 3.63) is 176 Å². The molecule has 52 heavy (non-hydrogen) atoms. The Morgan fingerprint density at radius 3 is 1.65 bits per heavy atom. The van der Waals surface area contributed by atoms with E-state index >= 15 is 0 Å². The summed E-state index contributed by atoms with van der Waals surface area (Å²) in [4.78, 5) is 2.31. The van der Waals surface area contributed by atoms with E-state index in [4.69, 9.17) is 8.83 Å². The van der Waals surface area contributed by atoms with Crippen molar-refractivity contribution in [2.75, 3.05) is 4.90 Å². The number of furan rings is 2. The molecular weight excluding hydrogens is 655 g/mol. The first-order chi connectivity index (χ1) is 25.8. The van der Waals surface area contributed by atoms with Gasteiger partial charge in [0.15, 0.2) is 5.58 Å². The Morgan fingerprint density at radius 2 is 0.904 bits per heavy atom. The van der Waals surface area contributed by atoms with Crippen LogP contribution in [0.2, 0.25) is 0 Å². The van der Waals surface area contributed by atoms with Gasteiger partial charge in [-0.1, -0.05) is 115 Å². The molecule has 3 aromatic heterocycles. The fourth-order valence-electron chi connectivity index (χ4n) is 7.95. The van der Waals surface area contributed by atoms with E-state index in [2.05, 4.69) is 150 Å². The fourth-order valence-corrected chi connectivity index (χ4v) is 9.08. The molecular formula is C48H29NO2S. The highest BCUT2D eigenvalue weighted by molar-refractivity contribution is 7.25. The SMILES string of the molecule is c1ccc2c(c1)oc1c(N(c3ccc(-c4cccc5oc6ccccc6c45)cc3)c3ccc(-c4cccc5sc6ccccc6c45)cc3)cccc12. The zero-order chi connectivity index (χ0) is 34.2. The van der Waals surface area contributed by atoms with Crippen LogP contribution < -0.4 is 4.90 Å². The van der Waals surface area contributed by atoms with E-state index in [0.29, 0.717) is 0 Å². The van der Waals surface area contributed by atoms with E-state index in [-0.39, 0.29) is 0 Å². The first kappa shape index (κ1) is 29.1. The molecule has 11 rings (SSSR count). The highest BCUT2D eigenvalue weighted by atomic mass is 32.1. The lowest BCUT2D eigenvalue weighted by molar-refractivity contribution is 0.668. The maximum absolute atomic E-state index is 6.60. The van der Waals surface area contributed by atoms with Crippen LogP contribution in [-0.2, 0) is 0 Å². The maximum atomic E-state index is 6.60. The van der Waals surface area contributed by atoms with Gasteiger partial charge in [-0.15, -0.1) is 11.3 Å². The van der Waals surface area contributed by atoms with Gasteiger partial charge >= 0.3 is 0 Å². The summed E-state index contributed by atoms with van der Waals surface area (Å²) in [5, 5.41) is 7.10. The third-order valence-corrected chi connectivity index (χ3v) is 11.4. The van der Waals surface area contributed by atoms with E-state index in [0.717, 1.165) is 72.1 Å². The van der Waals surface area contributed by atoms with Gasteiger partial charge in [0.25, 0.3) is 0 Å².